The fourth-order valence-electron chi connectivity index (χ4n) is 18.2. The highest BCUT2D eigenvalue weighted by molar-refractivity contribution is 6.28. The molecule has 0 amide bonds. The largest absolute Gasteiger partial charge is 0.307 e. The van der Waals surface area contributed by atoms with Gasteiger partial charge < -0.3 is 13.7 Å². The fraction of sp³-hybridized carbons (Fsp3) is 0. The number of aromatic nitrogens is 12. The molecular formula is C102H62N12. The van der Waals surface area contributed by atoms with Gasteiger partial charge in [-0.1, -0.05) is 303 Å². The van der Waals surface area contributed by atoms with Gasteiger partial charge in [0.15, 0.2) is 17.5 Å². The lowest BCUT2D eigenvalue weighted by Crippen LogP contribution is -2.11. The Morgan fingerprint density at radius 3 is 0.781 bits per heavy atom. The molecule has 0 N–H and O–H groups in total. The highest BCUT2D eigenvalue weighted by Crippen LogP contribution is 2.48. The monoisotopic (exact) mass is 1450 g/mol. The van der Waals surface area contributed by atoms with Gasteiger partial charge in [0.1, 0.15) is 0 Å². The van der Waals surface area contributed by atoms with E-state index in [1.165, 1.54) is 0 Å². The average Bonchev–Trinajstić information content (AvgIpc) is 1.55. The lowest BCUT2D eigenvalue weighted by molar-refractivity contribution is 0.893. The van der Waals surface area contributed by atoms with Gasteiger partial charge >= 0.3 is 0 Å². The molecule has 0 unspecified atom stereocenters. The minimum absolute atomic E-state index is 0.489. The topological polar surface area (TPSA) is 107 Å². The summed E-state index contributed by atoms with van der Waals surface area (Å²) in [6.07, 6.45) is 0. The normalized spacial score (nSPS) is 12.0. The van der Waals surface area contributed by atoms with Crippen LogP contribution in [0.3, 0.4) is 0 Å². The van der Waals surface area contributed by atoms with E-state index in [1.54, 1.807) is 0 Å². The summed E-state index contributed by atoms with van der Waals surface area (Å²) in [5, 5.41) is 13.4. The summed E-state index contributed by atoms with van der Waals surface area (Å²) >= 11 is 0. The zero-order valence-electron chi connectivity index (χ0n) is 61.2. The second-order valence-electron chi connectivity index (χ2n) is 29.3. The molecule has 0 aliphatic heterocycles. The van der Waals surface area contributed by atoms with E-state index in [0.717, 1.165) is 187 Å². The fourth-order valence-corrected chi connectivity index (χ4v) is 18.2. The van der Waals surface area contributed by atoms with Crippen molar-refractivity contribution < 1.29 is 0 Å². The summed E-state index contributed by atoms with van der Waals surface area (Å²) in [6.45, 7) is 0. The van der Waals surface area contributed by atoms with Crippen LogP contribution in [0.5, 0.6) is 0 Å². The first-order valence-electron chi connectivity index (χ1n) is 38.5. The van der Waals surface area contributed by atoms with Crippen molar-refractivity contribution in [3.8, 4) is 91.3 Å². The number of benzene rings is 16. The molecule has 0 aliphatic carbocycles. The van der Waals surface area contributed by atoms with Crippen LogP contribution in [0.4, 0.5) is 0 Å². The Balaban J connectivity index is 0.705. The summed E-state index contributed by atoms with van der Waals surface area (Å²) in [5.74, 6) is 3.20. The van der Waals surface area contributed by atoms with Crippen molar-refractivity contribution in [3.05, 3.63) is 376 Å². The zero-order chi connectivity index (χ0) is 74.6. The Labute approximate surface area is 651 Å². The van der Waals surface area contributed by atoms with Gasteiger partial charge in [0.25, 0.3) is 0 Å². The van der Waals surface area contributed by atoms with E-state index in [1.807, 2.05) is 36.4 Å². The van der Waals surface area contributed by atoms with Gasteiger partial charge in [-0.15, -0.1) is 0 Å². The molecule has 16 aromatic carbocycles. The standard InChI is InChI=1S/C102H62N12/c1-6-27-66(28-7-1)97-103-98(67-29-8-2-9-30-67)105-100(104-97)114-89-48-26-42-72(90(89)83-62-61-80-75-39-18-23-45-86(75)111(93(80)96(83)114)71-35-14-5-15-36-71)65-53-49-63(50-54-65)64-51-55-68(56-52-64)99-106-101(112-87-46-24-19-40-76(87)81-59-57-78-73-37-16-21-43-84(73)109(91(78)94(81)112)69-31-10-3-11-32-69)108-102(107-99)113-88-47-25-20-41-77(88)82-60-58-79-74-38-17-22-44-85(74)110(92(79)95(82)113)70-33-12-4-13-34-70/h1-62H. The molecule has 0 saturated heterocycles. The van der Waals surface area contributed by atoms with Crippen molar-refractivity contribution >= 4 is 131 Å². The van der Waals surface area contributed by atoms with Crippen molar-refractivity contribution in [2.75, 3.05) is 0 Å². The van der Waals surface area contributed by atoms with Crippen molar-refractivity contribution in [2.24, 2.45) is 0 Å². The third-order valence-corrected chi connectivity index (χ3v) is 23.1. The molecule has 12 nitrogen and oxygen atoms in total. The molecule has 114 heavy (non-hydrogen) atoms. The van der Waals surface area contributed by atoms with Gasteiger partial charge in [-0.25, -0.2) is 4.98 Å². The van der Waals surface area contributed by atoms with Gasteiger partial charge in [0.05, 0.1) is 66.2 Å². The van der Waals surface area contributed by atoms with Gasteiger partial charge in [0, 0.05) is 98.4 Å². The van der Waals surface area contributed by atoms with Crippen LogP contribution in [0, 0.1) is 0 Å². The summed E-state index contributed by atoms with van der Waals surface area (Å²) in [4.78, 5) is 33.4. The molecule has 24 aromatic rings. The van der Waals surface area contributed by atoms with E-state index in [9.17, 15) is 0 Å². The van der Waals surface area contributed by atoms with Crippen LogP contribution >= 0.6 is 0 Å². The van der Waals surface area contributed by atoms with Gasteiger partial charge in [0.2, 0.25) is 17.8 Å². The van der Waals surface area contributed by atoms with E-state index in [4.69, 9.17) is 29.9 Å². The molecule has 24 rings (SSSR count). The molecule has 0 bridgehead atoms. The number of hydrogen-bond donors (Lipinski definition) is 0. The van der Waals surface area contributed by atoms with E-state index >= 15 is 0 Å². The quantitative estimate of drug-likeness (QED) is 0.128. The SMILES string of the molecule is c1ccc(-c2nc(-c3ccccc3)nc(-n3c4cccc(-c5ccc(-c6ccc(-c7nc(-n8c9ccccc9c9ccc%10c%11ccccc%11n(-c%11ccccc%11)c%10c98)nc(-n8c9ccccc9c9ccc%10c%11ccccc%11n(-c%11ccccc%11)c%10c98)n7)cc6)cc5)c4c4ccc5c6ccccc6n(-c6ccccc6)c5c43)n2)cc1. The van der Waals surface area contributed by atoms with Crippen molar-refractivity contribution in [3.63, 3.8) is 0 Å². The molecule has 0 spiro atoms. The highest BCUT2D eigenvalue weighted by Gasteiger charge is 2.30. The van der Waals surface area contributed by atoms with Gasteiger partial charge in [-0.3, -0.25) is 13.7 Å². The minimum Gasteiger partial charge on any atom is -0.307 e. The van der Waals surface area contributed by atoms with Crippen molar-refractivity contribution in [1.29, 1.82) is 0 Å². The lowest BCUT2D eigenvalue weighted by Gasteiger charge is -2.15. The second-order valence-corrected chi connectivity index (χ2v) is 29.3. The first-order valence-corrected chi connectivity index (χ1v) is 38.5. The summed E-state index contributed by atoms with van der Waals surface area (Å²) < 4.78 is 14.1. The summed E-state index contributed by atoms with van der Waals surface area (Å²) in [5.41, 5.74) is 22.5. The van der Waals surface area contributed by atoms with E-state index < -0.39 is 0 Å². The lowest BCUT2D eigenvalue weighted by atomic mass is 9.96. The molecule has 0 fully saturated rings. The van der Waals surface area contributed by atoms with Crippen LogP contribution in [-0.4, -0.2) is 57.3 Å². The number of nitrogens with zero attached hydrogens (tertiary/aromatic N) is 12. The Morgan fingerprint density at radius 1 is 0.149 bits per heavy atom. The number of rotatable bonds is 11. The maximum atomic E-state index is 5.86. The molecule has 0 radical (unpaired) electrons. The molecule has 0 atom stereocenters. The Bertz CT molecular complexity index is 7750. The second kappa shape index (κ2) is 24.9. The van der Waals surface area contributed by atoms with Crippen LogP contribution < -0.4 is 0 Å². The van der Waals surface area contributed by atoms with E-state index in [0.29, 0.717) is 35.3 Å². The molecule has 530 valence electrons. The first kappa shape index (κ1) is 63.3. The highest BCUT2D eigenvalue weighted by atomic mass is 15.3. The Hall–Kier alpha value is -15.7. The third kappa shape index (κ3) is 9.45. The smallest absolute Gasteiger partial charge is 0.240 e. The van der Waals surface area contributed by atoms with Crippen LogP contribution in [-0.2, 0) is 0 Å². The van der Waals surface area contributed by atoms with Gasteiger partial charge in [-0.05, 0) is 95.1 Å². The molecular weight excluding hydrogens is 1390 g/mol. The van der Waals surface area contributed by atoms with Crippen molar-refractivity contribution in [2.45, 2.75) is 0 Å². The van der Waals surface area contributed by atoms with Crippen LogP contribution in [0.25, 0.3) is 222 Å². The first-order chi connectivity index (χ1) is 56.6. The molecule has 8 aromatic heterocycles. The maximum absolute atomic E-state index is 5.86. The number of fused-ring (bicyclic) bond motifs is 21. The molecule has 8 heterocycles. The van der Waals surface area contributed by atoms with Crippen LogP contribution in [0.1, 0.15) is 0 Å². The number of hydrogen-bond acceptors (Lipinski definition) is 6. The van der Waals surface area contributed by atoms with Crippen molar-refractivity contribution in [1.82, 2.24) is 57.3 Å². The van der Waals surface area contributed by atoms with Gasteiger partial charge in [-0.2, -0.15) is 24.9 Å². The van der Waals surface area contributed by atoms with Crippen LogP contribution in [0.2, 0.25) is 0 Å². The summed E-state index contributed by atoms with van der Waals surface area (Å²) in [7, 11) is 0. The maximum Gasteiger partial charge on any atom is 0.240 e. The predicted octanol–water partition coefficient (Wildman–Crippen LogP) is 25.0. The molecule has 0 saturated carbocycles. The Kier molecular flexibility index (Phi) is 13.8. The zero-order valence-corrected chi connectivity index (χ0v) is 61.2. The predicted molar refractivity (Wildman–Crippen MR) is 466 cm³/mol. The third-order valence-electron chi connectivity index (χ3n) is 23.1. The summed E-state index contributed by atoms with van der Waals surface area (Å²) in [6, 6.07) is 134. The average molecular weight is 1460 g/mol. The molecule has 0 aliphatic rings. The van der Waals surface area contributed by atoms with Crippen LogP contribution in [0.15, 0.2) is 376 Å². The Morgan fingerprint density at radius 2 is 0.404 bits per heavy atom. The number of para-hydroxylation sites is 8. The van der Waals surface area contributed by atoms with E-state index in [-0.39, 0.29) is 0 Å². The minimum atomic E-state index is 0.489. The van der Waals surface area contributed by atoms with E-state index in [2.05, 4.69) is 367 Å². The molecule has 12 heteroatoms.